The van der Waals surface area contributed by atoms with E-state index in [0.29, 0.717) is 49.6 Å². The molecule has 0 saturated carbocycles. The van der Waals surface area contributed by atoms with Gasteiger partial charge in [0.25, 0.3) is 5.91 Å². The summed E-state index contributed by atoms with van der Waals surface area (Å²) in [7, 11) is 1.47. The predicted octanol–water partition coefficient (Wildman–Crippen LogP) is 4.77. The number of carbonyl (C=O) groups excluding carboxylic acids is 3. The Morgan fingerprint density at radius 2 is 1.77 bits per heavy atom. The van der Waals surface area contributed by atoms with E-state index in [2.05, 4.69) is 10.2 Å². The van der Waals surface area contributed by atoms with E-state index in [0.717, 1.165) is 49.9 Å². The standard InChI is InChI=1S/C33H43ClN4O5/c1-21-8-9-27(20-29(21)34)38(33(42)23-12-16-36(17-13-23)22(2)39)15-5-14-37-25-10-11-26(37)19-24(18-25)35-32(41)28-6-4-7-30(43-3)31(28)40/h4,6-9,20,23-26,40H,5,10-19H2,1-3H3,(H,35,41). The summed E-state index contributed by atoms with van der Waals surface area (Å²) in [6.45, 7) is 6.23. The van der Waals surface area contributed by atoms with Crippen molar-refractivity contribution in [3.8, 4) is 11.5 Å². The minimum atomic E-state index is -0.283. The van der Waals surface area contributed by atoms with Gasteiger partial charge in [0.15, 0.2) is 11.5 Å². The molecule has 43 heavy (non-hydrogen) atoms. The smallest absolute Gasteiger partial charge is 0.255 e. The molecule has 2 N–H and O–H groups in total. The van der Waals surface area contributed by atoms with Crippen LogP contribution >= 0.6 is 11.6 Å². The summed E-state index contributed by atoms with van der Waals surface area (Å²) in [4.78, 5) is 44.9. The Bertz CT molecular complexity index is 1330. The highest BCUT2D eigenvalue weighted by Gasteiger charge is 2.41. The van der Waals surface area contributed by atoms with Gasteiger partial charge in [-0.2, -0.15) is 0 Å². The van der Waals surface area contributed by atoms with Gasteiger partial charge in [-0.05, 0) is 81.7 Å². The molecule has 3 aliphatic heterocycles. The number of fused-ring (bicyclic) bond motifs is 2. The SMILES string of the molecule is COc1cccc(C(=O)NC2CC3CCC(C2)N3CCCN(C(=O)C2CCN(C(C)=O)CC2)c2ccc(C)c(Cl)c2)c1O. The molecule has 232 valence electrons. The number of piperidine rings is 2. The highest BCUT2D eigenvalue weighted by molar-refractivity contribution is 6.31. The Hall–Kier alpha value is -3.30. The minimum absolute atomic E-state index is 0.0421. The van der Waals surface area contributed by atoms with Gasteiger partial charge in [-0.3, -0.25) is 19.3 Å². The fourth-order valence-corrected chi connectivity index (χ4v) is 7.25. The normalized spacial score (nSPS) is 22.3. The molecule has 0 radical (unpaired) electrons. The number of methoxy groups -OCH3 is 1. The number of amides is 3. The monoisotopic (exact) mass is 610 g/mol. The summed E-state index contributed by atoms with van der Waals surface area (Å²) in [6.07, 6.45) is 6.07. The van der Waals surface area contributed by atoms with Crippen molar-refractivity contribution in [2.75, 3.05) is 38.2 Å². The average Bonchev–Trinajstić information content (AvgIpc) is 3.23. The van der Waals surface area contributed by atoms with Crippen molar-refractivity contribution in [3.05, 3.63) is 52.5 Å². The molecule has 3 amide bonds. The van der Waals surface area contributed by atoms with Crippen LogP contribution in [-0.4, -0.2) is 84.0 Å². The molecule has 0 spiro atoms. The second kappa shape index (κ2) is 13.6. The number of para-hydroxylation sites is 1. The highest BCUT2D eigenvalue weighted by atomic mass is 35.5. The molecule has 5 rings (SSSR count). The van der Waals surface area contributed by atoms with Crippen LogP contribution in [0, 0.1) is 12.8 Å². The number of rotatable bonds is 9. The molecule has 0 aliphatic carbocycles. The minimum Gasteiger partial charge on any atom is -0.504 e. The van der Waals surface area contributed by atoms with Crippen molar-refractivity contribution < 1.29 is 24.2 Å². The quantitative estimate of drug-likeness (QED) is 0.424. The van der Waals surface area contributed by atoms with E-state index in [4.69, 9.17) is 16.3 Å². The van der Waals surface area contributed by atoms with Crippen LogP contribution in [-0.2, 0) is 9.59 Å². The molecule has 2 aromatic rings. The van der Waals surface area contributed by atoms with Gasteiger partial charge in [0, 0.05) is 67.9 Å². The summed E-state index contributed by atoms with van der Waals surface area (Å²) in [5.41, 5.74) is 2.02. The molecule has 0 aromatic heterocycles. The molecule has 2 unspecified atom stereocenters. The lowest BCUT2D eigenvalue weighted by atomic mass is 9.94. The number of benzene rings is 2. The van der Waals surface area contributed by atoms with Gasteiger partial charge in [-0.15, -0.1) is 0 Å². The van der Waals surface area contributed by atoms with Gasteiger partial charge in [0.05, 0.1) is 12.7 Å². The zero-order valence-corrected chi connectivity index (χ0v) is 26.1. The zero-order valence-electron chi connectivity index (χ0n) is 25.4. The summed E-state index contributed by atoms with van der Waals surface area (Å²) >= 11 is 6.48. The topological polar surface area (TPSA) is 102 Å². The number of anilines is 1. The first-order valence-corrected chi connectivity index (χ1v) is 15.8. The number of nitrogens with one attached hydrogen (secondary N) is 1. The van der Waals surface area contributed by atoms with Crippen LogP contribution in [0.25, 0.3) is 0 Å². The number of carbonyl (C=O) groups is 3. The van der Waals surface area contributed by atoms with E-state index in [1.54, 1.807) is 25.1 Å². The van der Waals surface area contributed by atoms with Gasteiger partial charge in [-0.1, -0.05) is 23.7 Å². The number of phenolic OH excluding ortho intramolecular Hbond substituents is 1. The zero-order chi connectivity index (χ0) is 30.7. The highest BCUT2D eigenvalue weighted by Crippen LogP contribution is 2.37. The Morgan fingerprint density at radius 1 is 1.07 bits per heavy atom. The number of aryl methyl sites for hydroxylation is 1. The lowest BCUT2D eigenvalue weighted by molar-refractivity contribution is -0.133. The Balaban J connectivity index is 1.19. The number of phenols is 1. The maximum absolute atomic E-state index is 13.8. The number of ether oxygens (including phenoxy) is 1. The molecule has 2 bridgehead atoms. The Labute approximate surface area is 259 Å². The molecule has 3 aliphatic rings. The first kappa shape index (κ1) is 31.1. The van der Waals surface area contributed by atoms with Crippen molar-refractivity contribution >= 4 is 35.0 Å². The van der Waals surface area contributed by atoms with Crippen molar-refractivity contribution in [2.45, 2.75) is 76.9 Å². The lowest BCUT2D eigenvalue weighted by Crippen LogP contribution is -2.51. The van der Waals surface area contributed by atoms with Crippen LogP contribution in [0.2, 0.25) is 5.02 Å². The molecule has 10 heteroatoms. The Kier molecular flexibility index (Phi) is 9.82. The maximum atomic E-state index is 13.8. The van der Waals surface area contributed by atoms with E-state index in [1.807, 2.05) is 34.9 Å². The summed E-state index contributed by atoms with van der Waals surface area (Å²) in [5.74, 6) is -0.0897. The second-order valence-electron chi connectivity index (χ2n) is 12.2. The van der Waals surface area contributed by atoms with Crippen molar-refractivity contribution in [1.82, 2.24) is 15.1 Å². The average molecular weight is 611 g/mol. The van der Waals surface area contributed by atoms with E-state index >= 15 is 0 Å². The lowest BCUT2D eigenvalue weighted by Gasteiger charge is -2.40. The van der Waals surface area contributed by atoms with Crippen LogP contribution in [0.4, 0.5) is 5.69 Å². The summed E-state index contributed by atoms with van der Waals surface area (Å²) in [6, 6.07) is 11.5. The number of hydrogen-bond acceptors (Lipinski definition) is 6. The largest absolute Gasteiger partial charge is 0.504 e. The molecular formula is C33H43ClN4O5. The fraction of sp³-hybridized carbons (Fsp3) is 0.545. The van der Waals surface area contributed by atoms with E-state index < -0.39 is 0 Å². The first-order chi connectivity index (χ1) is 20.7. The van der Waals surface area contributed by atoms with Crippen LogP contribution < -0.4 is 15.0 Å². The number of nitrogens with zero attached hydrogens (tertiary/aromatic N) is 3. The molecule has 9 nitrogen and oxygen atoms in total. The molecular weight excluding hydrogens is 568 g/mol. The second-order valence-corrected chi connectivity index (χ2v) is 12.6. The summed E-state index contributed by atoms with van der Waals surface area (Å²) < 4.78 is 5.16. The molecule has 3 fully saturated rings. The van der Waals surface area contributed by atoms with E-state index in [1.165, 1.54) is 7.11 Å². The number of aromatic hydroxyl groups is 1. The van der Waals surface area contributed by atoms with Crippen LogP contribution in [0.3, 0.4) is 0 Å². The van der Waals surface area contributed by atoms with Crippen molar-refractivity contribution in [3.63, 3.8) is 0 Å². The van der Waals surface area contributed by atoms with E-state index in [9.17, 15) is 19.5 Å². The fourth-order valence-electron chi connectivity index (χ4n) is 7.08. The third-order valence-corrected chi connectivity index (χ3v) is 9.91. The van der Waals surface area contributed by atoms with Crippen molar-refractivity contribution in [2.24, 2.45) is 5.92 Å². The third kappa shape index (κ3) is 6.93. The molecule has 3 saturated heterocycles. The van der Waals surface area contributed by atoms with Crippen LogP contribution in [0.15, 0.2) is 36.4 Å². The molecule has 2 atom stereocenters. The predicted molar refractivity (Wildman–Crippen MR) is 167 cm³/mol. The molecule has 3 heterocycles. The van der Waals surface area contributed by atoms with E-state index in [-0.39, 0.29) is 46.7 Å². The van der Waals surface area contributed by atoms with Gasteiger partial charge in [0.1, 0.15) is 0 Å². The Morgan fingerprint density at radius 3 is 2.40 bits per heavy atom. The first-order valence-electron chi connectivity index (χ1n) is 15.4. The number of halogens is 1. The number of likely N-dealkylation sites (tertiary alicyclic amines) is 1. The number of hydrogen-bond donors (Lipinski definition) is 2. The van der Waals surface area contributed by atoms with Crippen LogP contribution in [0.1, 0.15) is 67.8 Å². The third-order valence-electron chi connectivity index (χ3n) is 9.50. The van der Waals surface area contributed by atoms with Crippen molar-refractivity contribution in [1.29, 1.82) is 0 Å². The summed E-state index contributed by atoms with van der Waals surface area (Å²) in [5, 5.41) is 14.2. The van der Waals surface area contributed by atoms with Gasteiger partial charge < -0.3 is 25.0 Å². The molecule has 2 aromatic carbocycles. The maximum Gasteiger partial charge on any atom is 0.255 e. The van der Waals surface area contributed by atoms with Crippen LogP contribution in [0.5, 0.6) is 11.5 Å². The van der Waals surface area contributed by atoms with Gasteiger partial charge in [-0.25, -0.2) is 0 Å². The van der Waals surface area contributed by atoms with Gasteiger partial charge in [0.2, 0.25) is 11.8 Å². The van der Waals surface area contributed by atoms with Gasteiger partial charge >= 0.3 is 0 Å².